The first kappa shape index (κ1) is 23.7. The van der Waals surface area contributed by atoms with E-state index in [2.05, 4.69) is 48.0 Å². The van der Waals surface area contributed by atoms with Gasteiger partial charge in [0.1, 0.15) is 5.69 Å². The summed E-state index contributed by atoms with van der Waals surface area (Å²) in [7, 11) is 0. The van der Waals surface area contributed by atoms with Gasteiger partial charge >= 0.3 is 0 Å². The lowest BCUT2D eigenvalue weighted by atomic mass is 9.87. The maximum Gasteiger partial charge on any atom is 0.224 e. The van der Waals surface area contributed by atoms with Crippen LogP contribution >= 0.6 is 11.3 Å². The Morgan fingerprint density at radius 3 is 2.85 bits per heavy atom. The van der Waals surface area contributed by atoms with Crippen molar-refractivity contribution in [3.63, 3.8) is 0 Å². The molecule has 194 valence electrons. The van der Waals surface area contributed by atoms with E-state index in [0.29, 0.717) is 29.5 Å². The number of aromatic nitrogens is 6. The molecule has 1 amide bonds. The molecule has 0 unspecified atom stereocenters. The monoisotopic (exact) mass is 533 g/mol. The molecule has 39 heavy (non-hydrogen) atoms. The summed E-state index contributed by atoms with van der Waals surface area (Å²) < 4.78 is 0. The minimum Gasteiger partial charge on any atom is -0.335 e. The van der Waals surface area contributed by atoms with E-state index >= 15 is 0 Å². The average Bonchev–Trinajstić information content (AvgIpc) is 3.73. The average molecular weight is 534 g/mol. The van der Waals surface area contributed by atoms with Crippen molar-refractivity contribution in [2.75, 3.05) is 5.32 Å². The Morgan fingerprint density at radius 2 is 1.97 bits per heavy atom. The van der Waals surface area contributed by atoms with E-state index in [1.54, 1.807) is 23.7 Å². The third-order valence-electron chi connectivity index (χ3n) is 7.52. The molecule has 9 heteroatoms. The Balaban J connectivity index is 1.19. The van der Waals surface area contributed by atoms with Crippen LogP contribution in [0.1, 0.15) is 38.5 Å². The fourth-order valence-electron chi connectivity index (χ4n) is 5.57. The molecule has 0 bridgehead atoms. The summed E-state index contributed by atoms with van der Waals surface area (Å²) in [5.74, 6) is 1.22. The number of carbonyl (C=O) groups is 1. The van der Waals surface area contributed by atoms with Gasteiger partial charge in [0.2, 0.25) is 5.91 Å². The molecule has 7 rings (SSSR count). The molecule has 0 saturated heterocycles. The van der Waals surface area contributed by atoms with Crippen LogP contribution in [0.25, 0.3) is 55.2 Å². The van der Waals surface area contributed by atoms with Gasteiger partial charge in [-0.25, -0.2) is 9.97 Å². The summed E-state index contributed by atoms with van der Waals surface area (Å²) in [5, 5.41) is 13.8. The van der Waals surface area contributed by atoms with Crippen LogP contribution in [-0.2, 0) is 4.79 Å². The number of nitrogens with zero attached hydrogens (tertiary/aromatic N) is 4. The van der Waals surface area contributed by atoms with Gasteiger partial charge in [0.15, 0.2) is 11.5 Å². The molecule has 3 N–H and O–H groups in total. The number of imidazole rings is 1. The van der Waals surface area contributed by atoms with Gasteiger partial charge in [0.05, 0.1) is 22.9 Å². The number of fused-ring (bicyclic) bond motifs is 2. The van der Waals surface area contributed by atoms with Crippen molar-refractivity contribution < 1.29 is 4.79 Å². The zero-order valence-corrected chi connectivity index (χ0v) is 22.1. The van der Waals surface area contributed by atoms with Crippen LogP contribution in [0.3, 0.4) is 0 Å². The molecule has 0 aliphatic heterocycles. The lowest BCUT2D eigenvalue weighted by Gasteiger charge is -2.20. The molecular formula is C30H27N7OS. The number of hydrogen-bond donors (Lipinski definition) is 3. The van der Waals surface area contributed by atoms with Gasteiger partial charge in [-0.15, -0.1) is 11.3 Å². The second-order valence-corrected chi connectivity index (χ2v) is 11.1. The lowest BCUT2D eigenvalue weighted by Crippen LogP contribution is -2.18. The van der Waals surface area contributed by atoms with Gasteiger partial charge in [-0.1, -0.05) is 31.4 Å². The second kappa shape index (κ2) is 10.1. The van der Waals surface area contributed by atoms with E-state index in [-0.39, 0.29) is 5.91 Å². The molecule has 1 aliphatic carbocycles. The molecule has 8 nitrogen and oxygen atoms in total. The third-order valence-corrected chi connectivity index (χ3v) is 8.42. The number of hydrogen-bond acceptors (Lipinski definition) is 6. The highest BCUT2D eigenvalue weighted by atomic mass is 32.1. The van der Waals surface area contributed by atoms with E-state index in [4.69, 9.17) is 4.98 Å². The first-order valence-electron chi connectivity index (χ1n) is 13.3. The zero-order chi connectivity index (χ0) is 26.2. The van der Waals surface area contributed by atoms with E-state index in [1.165, 1.54) is 19.3 Å². The van der Waals surface area contributed by atoms with Gasteiger partial charge < -0.3 is 10.3 Å². The second-order valence-electron chi connectivity index (χ2n) is 10.2. The van der Waals surface area contributed by atoms with E-state index < -0.39 is 0 Å². The molecule has 0 atom stereocenters. The molecule has 1 aliphatic rings. The van der Waals surface area contributed by atoms with Crippen LogP contribution in [0.4, 0.5) is 5.69 Å². The number of thiophene rings is 1. The maximum atomic E-state index is 12.7. The number of amides is 1. The molecule has 0 spiro atoms. The van der Waals surface area contributed by atoms with Crippen molar-refractivity contribution in [1.29, 1.82) is 0 Å². The third kappa shape index (κ3) is 4.70. The zero-order valence-electron chi connectivity index (χ0n) is 21.3. The topological polar surface area (TPSA) is 112 Å². The van der Waals surface area contributed by atoms with E-state index in [9.17, 15) is 4.79 Å². The standard InChI is InChI=1S/C30H27N7OS/c38-26(13-18-5-2-1-3-6-18)33-21-14-20(16-31-17-21)19-8-9-24-23(15-19)28(37-36-24)30-34-27-22(25-7-4-12-39-25)10-11-32-29(27)35-30/h4,7-12,14-18H,1-3,5-6,13H2,(H,33,38)(H,36,37)(H,32,34,35). The highest BCUT2D eigenvalue weighted by Crippen LogP contribution is 2.34. The van der Waals surface area contributed by atoms with Crippen LogP contribution in [0.15, 0.2) is 66.4 Å². The molecule has 0 radical (unpaired) electrons. The molecule has 1 aromatic carbocycles. The summed E-state index contributed by atoms with van der Waals surface area (Å²) in [6.07, 6.45) is 11.9. The van der Waals surface area contributed by atoms with Crippen LogP contribution in [0.5, 0.6) is 0 Å². The minimum absolute atomic E-state index is 0.0637. The number of benzene rings is 1. The Kier molecular flexibility index (Phi) is 6.13. The summed E-state index contributed by atoms with van der Waals surface area (Å²) >= 11 is 1.68. The van der Waals surface area contributed by atoms with Gasteiger partial charge in [-0.3, -0.25) is 14.9 Å². The fraction of sp³-hybridized carbons (Fsp3) is 0.233. The highest BCUT2D eigenvalue weighted by Gasteiger charge is 2.18. The van der Waals surface area contributed by atoms with Crippen molar-refractivity contribution in [2.45, 2.75) is 38.5 Å². The van der Waals surface area contributed by atoms with Gasteiger partial charge in [-0.2, -0.15) is 5.10 Å². The van der Waals surface area contributed by atoms with Crippen LogP contribution in [-0.4, -0.2) is 36.0 Å². The van der Waals surface area contributed by atoms with Crippen LogP contribution < -0.4 is 5.32 Å². The summed E-state index contributed by atoms with van der Waals surface area (Å²) in [4.78, 5) is 31.0. The van der Waals surface area contributed by atoms with E-state index in [0.717, 1.165) is 56.5 Å². The summed E-state index contributed by atoms with van der Waals surface area (Å²) in [5.41, 5.74) is 6.87. The smallest absolute Gasteiger partial charge is 0.224 e. The first-order chi connectivity index (χ1) is 19.2. The molecule has 1 fully saturated rings. The number of nitrogens with one attached hydrogen (secondary N) is 3. The molecule has 6 aromatic rings. The van der Waals surface area contributed by atoms with Crippen molar-refractivity contribution in [3.8, 4) is 33.1 Å². The van der Waals surface area contributed by atoms with Crippen LogP contribution in [0, 0.1) is 5.92 Å². The lowest BCUT2D eigenvalue weighted by molar-refractivity contribution is -0.117. The number of anilines is 1. The van der Waals surface area contributed by atoms with Gasteiger partial charge in [-0.05, 0) is 60.0 Å². The van der Waals surface area contributed by atoms with Crippen molar-refractivity contribution >= 4 is 45.0 Å². The molecule has 1 saturated carbocycles. The van der Waals surface area contributed by atoms with Crippen molar-refractivity contribution in [3.05, 3.63) is 66.4 Å². The number of pyridine rings is 2. The number of carbonyl (C=O) groups excluding carboxylic acids is 1. The van der Waals surface area contributed by atoms with Gasteiger partial charge in [0, 0.05) is 40.2 Å². The quantitative estimate of drug-likeness (QED) is 0.210. The highest BCUT2D eigenvalue weighted by molar-refractivity contribution is 7.13. The Bertz CT molecular complexity index is 1780. The van der Waals surface area contributed by atoms with E-state index in [1.807, 2.05) is 36.5 Å². The largest absolute Gasteiger partial charge is 0.335 e. The summed E-state index contributed by atoms with van der Waals surface area (Å²) in [6.45, 7) is 0. The summed E-state index contributed by atoms with van der Waals surface area (Å²) in [6, 6.07) is 14.2. The molecule has 5 heterocycles. The first-order valence-corrected chi connectivity index (χ1v) is 14.2. The molecular weight excluding hydrogens is 506 g/mol. The number of aromatic amines is 2. The molecule has 5 aromatic heterocycles. The number of H-pyrrole nitrogens is 2. The van der Waals surface area contributed by atoms with Gasteiger partial charge in [0.25, 0.3) is 0 Å². The van der Waals surface area contributed by atoms with Crippen molar-refractivity contribution in [1.82, 2.24) is 30.1 Å². The maximum absolute atomic E-state index is 12.7. The number of rotatable bonds is 6. The minimum atomic E-state index is 0.0637. The normalized spacial score (nSPS) is 14.3. The predicted octanol–water partition coefficient (Wildman–Crippen LogP) is 7.20. The Morgan fingerprint density at radius 1 is 1.05 bits per heavy atom. The SMILES string of the molecule is O=C(CC1CCCCC1)Nc1cncc(-c2ccc3[nH]nc(-c4nc5nccc(-c6cccs6)c5[nH]4)c3c2)c1. The van der Waals surface area contributed by atoms with Crippen molar-refractivity contribution in [2.24, 2.45) is 5.92 Å². The predicted molar refractivity (Wildman–Crippen MR) is 155 cm³/mol. The Hall–Kier alpha value is -4.37. The fourth-order valence-corrected chi connectivity index (χ4v) is 6.32. The van der Waals surface area contributed by atoms with Crippen LogP contribution in [0.2, 0.25) is 0 Å². The Labute approximate surface area is 228 Å².